The van der Waals surface area contributed by atoms with Crippen molar-refractivity contribution < 1.29 is 23.7 Å². The first-order valence-corrected chi connectivity index (χ1v) is 6.84. The van der Waals surface area contributed by atoms with Gasteiger partial charge in [-0.2, -0.15) is 0 Å². The van der Waals surface area contributed by atoms with Gasteiger partial charge in [0.1, 0.15) is 6.33 Å². The molecule has 2 aromatic heterocycles. The third kappa shape index (κ3) is 3.48. The molecule has 0 saturated carbocycles. The second-order valence-electron chi connectivity index (χ2n) is 4.49. The zero-order chi connectivity index (χ0) is 16.1. The molecule has 0 amide bonds. The Morgan fingerprint density at radius 1 is 1.27 bits per heavy atom. The van der Waals surface area contributed by atoms with E-state index >= 15 is 0 Å². The van der Waals surface area contributed by atoms with E-state index in [1.165, 1.54) is 21.8 Å². The molecule has 0 unspecified atom stereocenters. The highest BCUT2D eigenvalue weighted by Gasteiger charge is 2.15. The summed E-state index contributed by atoms with van der Waals surface area (Å²) < 4.78 is 12.5. The Bertz CT molecular complexity index is 748. The van der Waals surface area contributed by atoms with Crippen LogP contribution in [0.15, 0.2) is 17.3 Å². The molecule has 2 heterocycles. The highest BCUT2D eigenvalue weighted by atomic mass is 16.5. The van der Waals surface area contributed by atoms with Crippen LogP contribution in [-0.4, -0.2) is 26.6 Å². The number of hydrogen-bond acceptors (Lipinski definition) is 6. The van der Waals surface area contributed by atoms with Gasteiger partial charge >= 0.3 is 18.7 Å². The minimum absolute atomic E-state index is 0.0344. The molecule has 0 atom stereocenters. The molecule has 0 aliphatic carbocycles. The Labute approximate surface area is 125 Å². The summed E-state index contributed by atoms with van der Waals surface area (Å²) in [6, 6.07) is 0. The molecule has 0 saturated heterocycles. The number of aromatic nitrogens is 4. The zero-order valence-corrected chi connectivity index (χ0v) is 12.4. The third-order valence-corrected chi connectivity index (χ3v) is 2.91. The van der Waals surface area contributed by atoms with E-state index in [0.29, 0.717) is 11.0 Å². The van der Waals surface area contributed by atoms with Crippen LogP contribution in [0.2, 0.25) is 0 Å². The fourth-order valence-electron chi connectivity index (χ4n) is 1.68. The Balaban J connectivity index is 2.18. The SMILES string of the molecule is CCC(=O)OCn1cnc2[nH][n+](COC(=O)CC)cc2c1=O. The van der Waals surface area contributed by atoms with Gasteiger partial charge in [0.15, 0.2) is 12.1 Å². The molecule has 118 valence electrons. The second-order valence-corrected chi connectivity index (χ2v) is 4.49. The molecule has 2 aromatic rings. The van der Waals surface area contributed by atoms with Crippen LogP contribution in [0.5, 0.6) is 0 Å². The van der Waals surface area contributed by atoms with Crippen molar-refractivity contribution in [2.24, 2.45) is 0 Å². The standard InChI is InChI=1S/C13H16N4O5/c1-3-10(18)21-7-16-6-14-12-9(13(16)20)5-17(15-12)8-22-11(19)4-2/h5-6H,3-4,7-8H2,1-2H3/p+1. The third-order valence-electron chi connectivity index (χ3n) is 2.91. The minimum Gasteiger partial charge on any atom is -0.444 e. The first-order valence-electron chi connectivity index (χ1n) is 6.84. The molecule has 1 N–H and O–H groups in total. The summed E-state index contributed by atoms with van der Waals surface area (Å²) in [6.07, 6.45) is 3.28. The Morgan fingerprint density at radius 3 is 2.64 bits per heavy atom. The van der Waals surface area contributed by atoms with Crippen molar-refractivity contribution >= 4 is 23.0 Å². The van der Waals surface area contributed by atoms with E-state index in [-0.39, 0.29) is 37.8 Å². The largest absolute Gasteiger partial charge is 0.444 e. The van der Waals surface area contributed by atoms with Gasteiger partial charge in [0.05, 0.1) is 0 Å². The number of fused-ring (bicyclic) bond motifs is 1. The number of aromatic amines is 1. The van der Waals surface area contributed by atoms with Gasteiger partial charge in [0.25, 0.3) is 5.56 Å². The summed E-state index contributed by atoms with van der Waals surface area (Å²) in [7, 11) is 0. The average Bonchev–Trinajstić information content (AvgIpc) is 2.95. The molecular formula is C13H17N4O5+. The van der Waals surface area contributed by atoms with Crippen LogP contribution < -0.4 is 10.2 Å². The highest BCUT2D eigenvalue weighted by Crippen LogP contribution is 2.00. The lowest BCUT2D eigenvalue weighted by molar-refractivity contribution is -0.775. The molecule has 0 radical (unpaired) electrons. The summed E-state index contributed by atoms with van der Waals surface area (Å²) in [5, 5.41) is 3.13. The Hall–Kier alpha value is -2.71. The maximum absolute atomic E-state index is 12.2. The van der Waals surface area contributed by atoms with E-state index < -0.39 is 5.97 Å². The van der Waals surface area contributed by atoms with Crippen LogP contribution in [0.1, 0.15) is 26.7 Å². The topological polar surface area (TPSA) is 107 Å². The summed E-state index contributed by atoms with van der Waals surface area (Å²) in [5.74, 6) is -0.745. The molecular weight excluding hydrogens is 292 g/mol. The van der Waals surface area contributed by atoms with Gasteiger partial charge in [-0.05, 0) is 0 Å². The van der Waals surface area contributed by atoms with E-state index in [4.69, 9.17) is 9.47 Å². The van der Waals surface area contributed by atoms with E-state index in [1.807, 2.05) is 0 Å². The lowest BCUT2D eigenvalue weighted by Crippen LogP contribution is -2.37. The molecule has 0 aliphatic heterocycles. The summed E-state index contributed by atoms with van der Waals surface area (Å²) in [5.41, 5.74) is 0.00124. The smallest absolute Gasteiger partial charge is 0.317 e. The summed E-state index contributed by atoms with van der Waals surface area (Å²) >= 11 is 0. The van der Waals surface area contributed by atoms with Gasteiger partial charge < -0.3 is 9.47 Å². The van der Waals surface area contributed by atoms with Gasteiger partial charge in [-0.25, -0.2) is 4.98 Å². The van der Waals surface area contributed by atoms with Gasteiger partial charge in [0, 0.05) is 12.8 Å². The molecule has 0 fully saturated rings. The number of nitrogens with one attached hydrogen (secondary N) is 1. The van der Waals surface area contributed by atoms with Gasteiger partial charge in [-0.15, -0.1) is 5.10 Å². The average molecular weight is 309 g/mol. The van der Waals surface area contributed by atoms with Crippen molar-refractivity contribution in [2.75, 3.05) is 0 Å². The minimum atomic E-state index is -0.400. The van der Waals surface area contributed by atoms with Gasteiger partial charge in [-0.3, -0.25) is 19.0 Å². The van der Waals surface area contributed by atoms with E-state index in [9.17, 15) is 14.4 Å². The molecule has 0 spiro atoms. The van der Waals surface area contributed by atoms with Crippen LogP contribution in [0.4, 0.5) is 0 Å². The molecule has 9 heteroatoms. The number of rotatable bonds is 6. The number of ether oxygens (including phenoxy) is 2. The predicted octanol–water partition coefficient (Wildman–Crippen LogP) is -0.166. The number of carbonyl (C=O) groups excluding carboxylic acids is 2. The number of hydrogen-bond donors (Lipinski definition) is 1. The molecule has 22 heavy (non-hydrogen) atoms. The number of carbonyl (C=O) groups is 2. The Kier molecular flexibility index (Phi) is 4.87. The van der Waals surface area contributed by atoms with Crippen molar-refractivity contribution in [1.29, 1.82) is 0 Å². The molecule has 2 rings (SSSR count). The quantitative estimate of drug-likeness (QED) is 0.586. The monoisotopic (exact) mass is 309 g/mol. The van der Waals surface area contributed by atoms with Crippen LogP contribution in [0.25, 0.3) is 11.0 Å². The first-order chi connectivity index (χ1) is 10.5. The van der Waals surface area contributed by atoms with Crippen LogP contribution in [0, 0.1) is 0 Å². The summed E-state index contributed by atoms with van der Waals surface area (Å²) in [4.78, 5) is 38.5. The van der Waals surface area contributed by atoms with E-state index in [2.05, 4.69) is 10.1 Å². The zero-order valence-electron chi connectivity index (χ0n) is 12.4. The Morgan fingerprint density at radius 2 is 1.95 bits per heavy atom. The molecule has 0 aliphatic rings. The van der Waals surface area contributed by atoms with Crippen molar-refractivity contribution in [1.82, 2.24) is 14.6 Å². The predicted molar refractivity (Wildman–Crippen MR) is 73.3 cm³/mol. The molecule has 9 nitrogen and oxygen atoms in total. The van der Waals surface area contributed by atoms with Gasteiger partial charge in [-0.1, -0.05) is 18.5 Å². The van der Waals surface area contributed by atoms with E-state index in [0.717, 1.165) is 0 Å². The van der Waals surface area contributed by atoms with Crippen molar-refractivity contribution in [2.45, 2.75) is 40.2 Å². The lowest BCUT2D eigenvalue weighted by Gasteiger charge is -2.04. The van der Waals surface area contributed by atoms with Crippen LogP contribution in [0.3, 0.4) is 0 Å². The summed E-state index contributed by atoms with van der Waals surface area (Å²) in [6.45, 7) is 3.13. The van der Waals surface area contributed by atoms with E-state index in [1.54, 1.807) is 13.8 Å². The fourth-order valence-corrected chi connectivity index (χ4v) is 1.68. The van der Waals surface area contributed by atoms with Crippen molar-refractivity contribution in [3.63, 3.8) is 0 Å². The van der Waals surface area contributed by atoms with Gasteiger partial charge in [0.2, 0.25) is 11.8 Å². The van der Waals surface area contributed by atoms with Crippen molar-refractivity contribution in [3.05, 3.63) is 22.9 Å². The maximum atomic E-state index is 12.2. The number of esters is 2. The van der Waals surface area contributed by atoms with Crippen LogP contribution in [-0.2, 0) is 32.5 Å². The maximum Gasteiger partial charge on any atom is 0.317 e. The first kappa shape index (κ1) is 15.7. The normalized spacial score (nSPS) is 10.6. The second kappa shape index (κ2) is 6.83. The van der Waals surface area contributed by atoms with Crippen LogP contribution >= 0.6 is 0 Å². The molecule has 0 aromatic carbocycles. The highest BCUT2D eigenvalue weighted by molar-refractivity contribution is 5.71. The van der Waals surface area contributed by atoms with Crippen molar-refractivity contribution in [3.8, 4) is 0 Å². The number of nitrogens with zero attached hydrogens (tertiary/aromatic N) is 3. The lowest BCUT2D eigenvalue weighted by atomic mass is 10.4. The number of H-pyrrole nitrogens is 1. The fraction of sp³-hybridized carbons (Fsp3) is 0.462. The molecule has 0 bridgehead atoms.